The van der Waals surface area contributed by atoms with Crippen LogP contribution < -0.4 is 10.1 Å². The molecule has 0 aliphatic rings. The van der Waals surface area contributed by atoms with Crippen LogP contribution in [0, 0.1) is 10.1 Å². The van der Waals surface area contributed by atoms with Gasteiger partial charge in [0.05, 0.1) is 11.2 Å². The second kappa shape index (κ2) is 7.18. The largest absolute Gasteiger partial charge is 0.459 e. The molecule has 1 amide bonds. The van der Waals surface area contributed by atoms with Crippen LogP contribution in [0.15, 0.2) is 69.8 Å². The van der Waals surface area contributed by atoms with Crippen molar-refractivity contribution < 1.29 is 18.9 Å². The van der Waals surface area contributed by atoms with E-state index in [4.69, 9.17) is 9.15 Å². The van der Waals surface area contributed by atoms with Gasteiger partial charge in [0.25, 0.3) is 5.91 Å². The number of ether oxygens (including phenoxy) is 1. The Morgan fingerprint density at radius 3 is 2.56 bits per heavy atom. The Balaban J connectivity index is 1.73. The quantitative estimate of drug-likeness (QED) is 0.478. The Labute approximate surface area is 150 Å². The first-order chi connectivity index (χ1) is 12.0. The highest BCUT2D eigenvalue weighted by atomic mass is 79.9. The van der Waals surface area contributed by atoms with Gasteiger partial charge in [-0.25, -0.2) is 0 Å². The highest BCUT2D eigenvalue weighted by Gasteiger charge is 2.16. The molecule has 1 heterocycles. The molecule has 0 spiro atoms. The lowest BCUT2D eigenvalue weighted by Gasteiger charge is -2.08. The maximum absolute atomic E-state index is 11.9. The summed E-state index contributed by atoms with van der Waals surface area (Å²) < 4.78 is 11.2. The van der Waals surface area contributed by atoms with Gasteiger partial charge in [-0.15, -0.1) is 0 Å². The number of hydrogen-bond acceptors (Lipinski definition) is 5. The minimum atomic E-state index is -0.516. The molecule has 3 rings (SSSR count). The summed E-state index contributed by atoms with van der Waals surface area (Å²) in [5.74, 6) is 0.357. The van der Waals surface area contributed by atoms with E-state index in [2.05, 4.69) is 21.2 Å². The van der Waals surface area contributed by atoms with E-state index in [1.807, 2.05) is 0 Å². The van der Waals surface area contributed by atoms with E-state index in [-0.39, 0.29) is 23.1 Å². The molecule has 2 aromatic carbocycles. The number of benzene rings is 2. The van der Waals surface area contributed by atoms with Gasteiger partial charge in [0.2, 0.25) is 5.75 Å². The number of anilines is 1. The highest BCUT2D eigenvalue weighted by Crippen LogP contribution is 2.34. The molecule has 1 N–H and O–H groups in total. The maximum atomic E-state index is 11.9. The van der Waals surface area contributed by atoms with Gasteiger partial charge in [-0.1, -0.05) is 15.9 Å². The van der Waals surface area contributed by atoms with Crippen molar-refractivity contribution in [2.24, 2.45) is 0 Å². The number of furan rings is 1. The lowest BCUT2D eigenvalue weighted by atomic mass is 10.2. The molecular formula is C17H11BrN2O5. The second-order valence-corrected chi connectivity index (χ2v) is 5.84. The van der Waals surface area contributed by atoms with Crippen molar-refractivity contribution in [2.45, 2.75) is 0 Å². The van der Waals surface area contributed by atoms with Crippen molar-refractivity contribution in [3.05, 3.63) is 81.2 Å². The molecule has 1 aromatic heterocycles. The molecule has 126 valence electrons. The number of hydrogen-bond donors (Lipinski definition) is 1. The van der Waals surface area contributed by atoms with Crippen LogP contribution in [0.3, 0.4) is 0 Å². The molecule has 3 aromatic rings. The van der Waals surface area contributed by atoms with Crippen LogP contribution >= 0.6 is 15.9 Å². The van der Waals surface area contributed by atoms with E-state index in [9.17, 15) is 14.9 Å². The fourth-order valence-electron chi connectivity index (χ4n) is 2.05. The van der Waals surface area contributed by atoms with E-state index in [1.54, 1.807) is 42.5 Å². The summed E-state index contributed by atoms with van der Waals surface area (Å²) in [5, 5.41) is 13.8. The fourth-order valence-corrected chi connectivity index (χ4v) is 2.40. The van der Waals surface area contributed by atoms with Crippen molar-refractivity contribution in [3.63, 3.8) is 0 Å². The Morgan fingerprint density at radius 1 is 1.16 bits per heavy atom. The topological polar surface area (TPSA) is 94.6 Å². The number of nitro groups is 1. The summed E-state index contributed by atoms with van der Waals surface area (Å²) in [6.07, 6.45) is 1.41. The minimum Gasteiger partial charge on any atom is -0.459 e. The molecule has 25 heavy (non-hydrogen) atoms. The number of nitrogens with zero attached hydrogens (tertiary/aromatic N) is 1. The van der Waals surface area contributed by atoms with Gasteiger partial charge < -0.3 is 14.5 Å². The van der Waals surface area contributed by atoms with Crippen LogP contribution in [0.5, 0.6) is 11.5 Å². The van der Waals surface area contributed by atoms with Crippen molar-refractivity contribution in [2.75, 3.05) is 5.32 Å². The molecule has 0 radical (unpaired) electrons. The van der Waals surface area contributed by atoms with Crippen LogP contribution in [0.1, 0.15) is 10.6 Å². The molecule has 8 heteroatoms. The van der Waals surface area contributed by atoms with Crippen LogP contribution in [0.2, 0.25) is 0 Å². The second-order valence-electron chi connectivity index (χ2n) is 4.93. The molecule has 7 nitrogen and oxygen atoms in total. The monoisotopic (exact) mass is 402 g/mol. The molecule has 0 saturated heterocycles. The lowest BCUT2D eigenvalue weighted by Crippen LogP contribution is -2.10. The Bertz CT molecular complexity index is 907. The first-order valence-electron chi connectivity index (χ1n) is 7.09. The minimum absolute atomic E-state index is 0.126. The SMILES string of the molecule is O=C(Nc1ccc(Oc2ccc(Br)cc2[N+](=O)[O-])cc1)c1ccco1. The zero-order valence-corrected chi connectivity index (χ0v) is 14.2. The highest BCUT2D eigenvalue weighted by molar-refractivity contribution is 9.10. The van der Waals surface area contributed by atoms with Crippen LogP contribution in [-0.4, -0.2) is 10.8 Å². The smallest absolute Gasteiger partial charge is 0.312 e. The zero-order valence-electron chi connectivity index (χ0n) is 12.6. The van der Waals surface area contributed by atoms with Gasteiger partial charge in [0.1, 0.15) is 5.75 Å². The molecular weight excluding hydrogens is 392 g/mol. The van der Waals surface area contributed by atoms with Gasteiger partial charge >= 0.3 is 5.69 Å². The summed E-state index contributed by atoms with van der Waals surface area (Å²) in [6, 6.07) is 14.2. The fraction of sp³-hybridized carbons (Fsp3) is 0. The molecule has 0 saturated carbocycles. The van der Waals surface area contributed by atoms with Crippen LogP contribution in [0.4, 0.5) is 11.4 Å². The number of nitro benzene ring substituents is 1. The Kier molecular flexibility index (Phi) is 4.80. The molecule has 0 bridgehead atoms. The van der Waals surface area contributed by atoms with Gasteiger partial charge in [0.15, 0.2) is 5.76 Å². The van der Waals surface area contributed by atoms with E-state index in [0.29, 0.717) is 15.9 Å². The maximum Gasteiger partial charge on any atom is 0.312 e. The third-order valence-electron chi connectivity index (χ3n) is 3.20. The first kappa shape index (κ1) is 16.7. The molecule has 0 aliphatic carbocycles. The first-order valence-corrected chi connectivity index (χ1v) is 7.89. The third kappa shape index (κ3) is 4.04. The van der Waals surface area contributed by atoms with Gasteiger partial charge in [-0.3, -0.25) is 14.9 Å². The van der Waals surface area contributed by atoms with Crippen molar-refractivity contribution >= 4 is 33.2 Å². The normalized spacial score (nSPS) is 10.3. The van der Waals surface area contributed by atoms with Gasteiger partial charge in [0, 0.05) is 16.2 Å². The predicted molar refractivity (Wildman–Crippen MR) is 94.0 cm³/mol. The number of rotatable bonds is 5. The number of carbonyl (C=O) groups excluding carboxylic acids is 1. The van der Waals surface area contributed by atoms with Gasteiger partial charge in [-0.2, -0.15) is 0 Å². The summed E-state index contributed by atoms with van der Waals surface area (Å²) >= 11 is 3.19. The Morgan fingerprint density at radius 2 is 1.92 bits per heavy atom. The van der Waals surface area contributed by atoms with Gasteiger partial charge in [-0.05, 0) is 48.5 Å². The number of amides is 1. The van der Waals surface area contributed by atoms with Crippen LogP contribution in [0.25, 0.3) is 0 Å². The Hall–Kier alpha value is -3.13. The summed E-state index contributed by atoms with van der Waals surface area (Å²) in [6.45, 7) is 0. The molecule has 0 fully saturated rings. The zero-order chi connectivity index (χ0) is 17.8. The summed E-state index contributed by atoms with van der Waals surface area (Å²) in [5.41, 5.74) is 0.392. The number of nitrogens with one attached hydrogen (secondary N) is 1. The number of halogens is 1. The predicted octanol–water partition coefficient (Wildman–Crippen LogP) is 4.99. The number of carbonyl (C=O) groups is 1. The molecule has 0 aliphatic heterocycles. The molecule has 0 unspecified atom stereocenters. The lowest BCUT2D eigenvalue weighted by molar-refractivity contribution is -0.385. The average Bonchev–Trinajstić information content (AvgIpc) is 3.13. The van der Waals surface area contributed by atoms with Crippen molar-refractivity contribution in [1.29, 1.82) is 0 Å². The van der Waals surface area contributed by atoms with E-state index >= 15 is 0 Å². The molecule has 0 atom stereocenters. The standard InChI is InChI=1S/C17H11BrN2O5/c18-11-3-8-15(14(10-11)20(22)23)25-13-6-4-12(5-7-13)19-17(21)16-2-1-9-24-16/h1-10H,(H,19,21). The average molecular weight is 403 g/mol. The van der Waals surface area contributed by atoms with Crippen molar-refractivity contribution in [3.8, 4) is 11.5 Å². The third-order valence-corrected chi connectivity index (χ3v) is 3.70. The van der Waals surface area contributed by atoms with E-state index in [0.717, 1.165) is 0 Å². The van der Waals surface area contributed by atoms with E-state index < -0.39 is 4.92 Å². The summed E-state index contributed by atoms with van der Waals surface area (Å²) in [4.78, 5) is 22.5. The van der Waals surface area contributed by atoms with Crippen molar-refractivity contribution in [1.82, 2.24) is 0 Å². The van der Waals surface area contributed by atoms with Crippen LogP contribution in [-0.2, 0) is 0 Å². The van der Waals surface area contributed by atoms with E-state index in [1.165, 1.54) is 18.4 Å². The summed E-state index contributed by atoms with van der Waals surface area (Å²) in [7, 11) is 0.